The Balaban J connectivity index is 3.53. The van der Waals surface area contributed by atoms with Crippen LogP contribution < -0.4 is 0 Å². The Morgan fingerprint density at radius 3 is 2.44 bits per heavy atom. The Hall–Kier alpha value is -2.05. The van der Waals surface area contributed by atoms with Crippen LogP contribution in [0.1, 0.15) is 15.9 Å². The lowest BCUT2D eigenvalue weighted by Gasteiger charge is -2.05. The third-order valence-electron chi connectivity index (χ3n) is 2.00. The minimum absolute atomic E-state index is 0.517. The predicted octanol–water partition coefficient (Wildman–Crippen LogP) is 1.97. The molecule has 0 aliphatic rings. The molecule has 0 fully saturated rings. The molecule has 0 saturated heterocycles. The van der Waals surface area contributed by atoms with E-state index in [1.165, 1.54) is 0 Å². The van der Waals surface area contributed by atoms with Crippen molar-refractivity contribution in [2.45, 2.75) is 6.92 Å². The van der Waals surface area contributed by atoms with E-state index in [0.717, 1.165) is 14.0 Å². The largest absolute Gasteiger partial charge is 0.465 e. The summed E-state index contributed by atoms with van der Waals surface area (Å²) in [5.41, 5.74) is -2.21. The molecule has 0 spiro atoms. The summed E-state index contributed by atoms with van der Waals surface area (Å²) in [5, 5.41) is 10.4. The van der Waals surface area contributed by atoms with Crippen molar-refractivity contribution < 1.29 is 23.2 Å². The maximum absolute atomic E-state index is 13.4. The van der Waals surface area contributed by atoms with Gasteiger partial charge in [-0.15, -0.1) is 0 Å². The summed E-state index contributed by atoms with van der Waals surface area (Å²) >= 11 is 0. The second-order valence-electron chi connectivity index (χ2n) is 2.94. The number of nitro groups is 1. The number of hydrogen-bond donors (Lipinski definition) is 0. The lowest BCUT2D eigenvalue weighted by Crippen LogP contribution is -2.09. The molecule has 1 aromatic rings. The Morgan fingerprint density at radius 2 is 2.00 bits per heavy atom. The summed E-state index contributed by atoms with van der Waals surface area (Å²) in [6, 6.07) is 0.517. The number of carbonyl (C=O) groups excluding carboxylic acids is 1. The normalized spacial score (nSPS) is 10.0. The van der Waals surface area contributed by atoms with Gasteiger partial charge >= 0.3 is 11.7 Å². The van der Waals surface area contributed by atoms with Gasteiger partial charge in [0.05, 0.1) is 12.0 Å². The number of rotatable bonds is 2. The van der Waals surface area contributed by atoms with Gasteiger partial charge in [0.15, 0.2) is 0 Å². The highest BCUT2D eigenvalue weighted by Gasteiger charge is 2.26. The zero-order valence-electron chi connectivity index (χ0n) is 8.41. The van der Waals surface area contributed by atoms with Gasteiger partial charge in [-0.25, -0.2) is 9.18 Å². The Labute approximate surface area is 88.8 Å². The first kappa shape index (κ1) is 12.0. The second kappa shape index (κ2) is 4.21. The van der Waals surface area contributed by atoms with Crippen molar-refractivity contribution in [3.05, 3.63) is 38.9 Å². The van der Waals surface area contributed by atoms with Gasteiger partial charge in [-0.3, -0.25) is 10.1 Å². The zero-order valence-corrected chi connectivity index (χ0v) is 8.41. The molecule has 0 radical (unpaired) electrons. The van der Waals surface area contributed by atoms with Crippen molar-refractivity contribution in [1.82, 2.24) is 0 Å². The molecule has 1 rings (SSSR count). The van der Waals surface area contributed by atoms with Gasteiger partial charge in [0.25, 0.3) is 0 Å². The van der Waals surface area contributed by atoms with Crippen LogP contribution in [0.4, 0.5) is 14.5 Å². The van der Waals surface area contributed by atoms with Gasteiger partial charge in [0.1, 0.15) is 11.4 Å². The smallest absolute Gasteiger partial charge is 0.341 e. The highest BCUT2D eigenvalue weighted by atomic mass is 19.1. The summed E-state index contributed by atoms with van der Waals surface area (Å²) < 4.78 is 30.8. The van der Waals surface area contributed by atoms with Crippen molar-refractivity contribution in [2.24, 2.45) is 0 Å². The minimum Gasteiger partial charge on any atom is -0.465 e. The number of methoxy groups -OCH3 is 1. The van der Waals surface area contributed by atoms with Crippen molar-refractivity contribution in [3.63, 3.8) is 0 Å². The highest BCUT2D eigenvalue weighted by Crippen LogP contribution is 2.26. The molecule has 0 aromatic heterocycles. The van der Waals surface area contributed by atoms with Crippen LogP contribution in [0, 0.1) is 28.7 Å². The highest BCUT2D eigenvalue weighted by molar-refractivity contribution is 5.90. The summed E-state index contributed by atoms with van der Waals surface area (Å²) in [7, 11) is 0.992. The van der Waals surface area contributed by atoms with Crippen LogP contribution in [0.3, 0.4) is 0 Å². The molecule has 16 heavy (non-hydrogen) atoms. The average Bonchev–Trinajstić information content (AvgIpc) is 2.25. The third kappa shape index (κ3) is 1.83. The first-order chi connectivity index (χ1) is 7.40. The number of nitrogens with zero attached hydrogens (tertiary/aromatic N) is 1. The van der Waals surface area contributed by atoms with Crippen molar-refractivity contribution in [1.29, 1.82) is 0 Å². The van der Waals surface area contributed by atoms with Gasteiger partial charge in [0, 0.05) is 11.6 Å². The molecule has 0 amide bonds. The molecular formula is C9H7F2NO4. The van der Waals surface area contributed by atoms with E-state index in [1.54, 1.807) is 0 Å². The van der Waals surface area contributed by atoms with Crippen molar-refractivity contribution in [2.75, 3.05) is 7.11 Å². The van der Waals surface area contributed by atoms with Crippen LogP contribution in [0.2, 0.25) is 0 Å². The monoisotopic (exact) mass is 231 g/mol. The van der Waals surface area contributed by atoms with Crippen LogP contribution in [-0.2, 0) is 4.74 Å². The van der Waals surface area contributed by atoms with E-state index in [2.05, 4.69) is 4.74 Å². The lowest BCUT2D eigenvalue weighted by atomic mass is 10.1. The van der Waals surface area contributed by atoms with E-state index in [-0.39, 0.29) is 0 Å². The summed E-state index contributed by atoms with van der Waals surface area (Å²) in [6.45, 7) is 1.00. The van der Waals surface area contributed by atoms with E-state index < -0.39 is 39.3 Å². The van der Waals surface area contributed by atoms with Gasteiger partial charge < -0.3 is 4.74 Å². The maximum atomic E-state index is 13.4. The maximum Gasteiger partial charge on any atom is 0.341 e. The van der Waals surface area contributed by atoms with Gasteiger partial charge in [-0.05, 0) is 6.92 Å². The summed E-state index contributed by atoms with van der Waals surface area (Å²) in [6.07, 6.45) is 0. The topological polar surface area (TPSA) is 69.4 Å². The molecule has 1 aromatic carbocycles. The summed E-state index contributed by atoms with van der Waals surface area (Å²) in [4.78, 5) is 20.5. The van der Waals surface area contributed by atoms with E-state index in [1.807, 2.05) is 0 Å². The number of nitro benzene ring substituents is 1. The molecule has 0 bridgehead atoms. The summed E-state index contributed by atoms with van der Waals surface area (Å²) in [5.74, 6) is -3.55. The fourth-order valence-electron chi connectivity index (χ4n) is 1.15. The van der Waals surface area contributed by atoms with E-state index in [4.69, 9.17) is 0 Å². The van der Waals surface area contributed by atoms with Crippen LogP contribution in [0.5, 0.6) is 0 Å². The van der Waals surface area contributed by atoms with E-state index >= 15 is 0 Å². The predicted molar refractivity (Wildman–Crippen MR) is 49.1 cm³/mol. The molecule has 86 valence electrons. The standard InChI is InChI=1S/C9H7F2NO4/c1-4-7(10)5(9(13)16-2)3-6(8(4)11)12(14)15/h3H,1-2H3. The molecule has 0 heterocycles. The van der Waals surface area contributed by atoms with Crippen LogP contribution in [-0.4, -0.2) is 18.0 Å². The quantitative estimate of drug-likeness (QED) is 0.443. The Kier molecular flexibility index (Phi) is 3.17. The van der Waals surface area contributed by atoms with Crippen molar-refractivity contribution in [3.8, 4) is 0 Å². The molecule has 7 heteroatoms. The molecule has 0 saturated carbocycles. The van der Waals surface area contributed by atoms with Crippen LogP contribution in [0.15, 0.2) is 6.07 Å². The van der Waals surface area contributed by atoms with Crippen LogP contribution in [0.25, 0.3) is 0 Å². The van der Waals surface area contributed by atoms with Crippen LogP contribution >= 0.6 is 0 Å². The fourth-order valence-corrected chi connectivity index (χ4v) is 1.15. The Bertz CT molecular complexity index is 473. The number of hydrogen-bond acceptors (Lipinski definition) is 4. The molecule has 0 aliphatic carbocycles. The van der Waals surface area contributed by atoms with E-state index in [0.29, 0.717) is 6.07 Å². The number of benzene rings is 1. The first-order valence-electron chi connectivity index (χ1n) is 4.11. The third-order valence-corrected chi connectivity index (χ3v) is 2.00. The molecule has 0 N–H and O–H groups in total. The lowest BCUT2D eigenvalue weighted by molar-refractivity contribution is -0.387. The van der Waals surface area contributed by atoms with Gasteiger partial charge in [0.2, 0.25) is 5.82 Å². The van der Waals surface area contributed by atoms with Crippen molar-refractivity contribution >= 4 is 11.7 Å². The molecule has 0 atom stereocenters. The number of carbonyl (C=O) groups is 1. The SMILES string of the molecule is COC(=O)c1cc([N+](=O)[O-])c(F)c(C)c1F. The van der Waals surface area contributed by atoms with Gasteiger partial charge in [-0.1, -0.05) is 0 Å². The molecule has 0 unspecified atom stereocenters. The molecule has 5 nitrogen and oxygen atoms in total. The first-order valence-corrected chi connectivity index (χ1v) is 4.11. The minimum atomic E-state index is -1.30. The molecule has 0 aliphatic heterocycles. The average molecular weight is 231 g/mol. The Morgan fingerprint density at radius 1 is 1.44 bits per heavy atom. The number of halogens is 2. The van der Waals surface area contributed by atoms with E-state index in [9.17, 15) is 23.7 Å². The number of ether oxygens (including phenoxy) is 1. The zero-order chi connectivity index (χ0) is 12.5. The van der Waals surface area contributed by atoms with Gasteiger partial charge in [-0.2, -0.15) is 4.39 Å². The second-order valence-corrected chi connectivity index (χ2v) is 2.94. The fraction of sp³-hybridized carbons (Fsp3) is 0.222. The number of esters is 1. The molecular weight excluding hydrogens is 224 g/mol.